The van der Waals surface area contributed by atoms with E-state index in [0.29, 0.717) is 10.8 Å². The van der Waals surface area contributed by atoms with E-state index < -0.39 is 0 Å². The van der Waals surface area contributed by atoms with Crippen molar-refractivity contribution in [2.45, 2.75) is 169 Å². The van der Waals surface area contributed by atoms with Crippen molar-refractivity contribution in [2.75, 3.05) is 0 Å². The largest absolute Gasteiger partial charge is 0.369 e. The molecule has 0 radical (unpaired) electrons. The van der Waals surface area contributed by atoms with Gasteiger partial charge in [0, 0.05) is 0 Å². The highest BCUT2D eigenvalue weighted by atomic mass is 16.5. The summed E-state index contributed by atoms with van der Waals surface area (Å²) in [5.41, 5.74) is 1.23. The first-order valence-corrected chi connectivity index (χ1v) is 14.0. The van der Waals surface area contributed by atoms with E-state index in [9.17, 15) is 0 Å². The molecule has 184 valence electrons. The van der Waals surface area contributed by atoms with Gasteiger partial charge in [-0.15, -0.1) is 0 Å². The lowest BCUT2D eigenvalue weighted by Crippen LogP contribution is -2.47. The van der Waals surface area contributed by atoms with Gasteiger partial charge in [0.1, 0.15) is 0 Å². The molecule has 0 heterocycles. The lowest BCUT2D eigenvalue weighted by atomic mass is 9.74. The molecule has 0 saturated heterocycles. The molecule has 0 amide bonds. The van der Waals surface area contributed by atoms with Crippen molar-refractivity contribution in [3.63, 3.8) is 0 Å². The highest BCUT2D eigenvalue weighted by molar-refractivity contribution is 4.93. The van der Waals surface area contributed by atoms with Crippen molar-refractivity contribution in [1.82, 2.24) is 0 Å². The van der Waals surface area contributed by atoms with Crippen LogP contribution in [0.4, 0.5) is 0 Å². The highest BCUT2D eigenvalue weighted by Crippen LogP contribution is 2.46. The molecule has 2 atom stereocenters. The van der Waals surface area contributed by atoms with Gasteiger partial charge >= 0.3 is 0 Å². The summed E-state index contributed by atoms with van der Waals surface area (Å²) in [4.78, 5) is 0. The molecule has 2 rings (SSSR count). The molecule has 0 aromatic rings. The Kier molecular flexibility index (Phi) is 10.00. The number of rotatable bonds is 10. The SMILES string of the molecule is CC(CCC1(OC2(CCC(C)CC(C)(C)C)CCCCC2)CCCCC1)CC(C)(C)C. The van der Waals surface area contributed by atoms with Gasteiger partial charge in [0.15, 0.2) is 0 Å². The quantitative estimate of drug-likeness (QED) is 0.332. The van der Waals surface area contributed by atoms with E-state index in [1.165, 1.54) is 103 Å². The predicted molar refractivity (Wildman–Crippen MR) is 138 cm³/mol. The van der Waals surface area contributed by atoms with Crippen LogP contribution in [0.3, 0.4) is 0 Å². The van der Waals surface area contributed by atoms with Crippen LogP contribution in [0.5, 0.6) is 0 Å². The van der Waals surface area contributed by atoms with Gasteiger partial charge in [0.05, 0.1) is 11.2 Å². The summed E-state index contributed by atoms with van der Waals surface area (Å²) < 4.78 is 7.47. The maximum absolute atomic E-state index is 7.47. The molecular formula is C30H58O. The summed E-state index contributed by atoms with van der Waals surface area (Å²) in [6.07, 6.45) is 21.5. The molecule has 0 aromatic heterocycles. The second-order valence-electron chi connectivity index (χ2n) is 14.4. The second-order valence-corrected chi connectivity index (χ2v) is 14.4. The third kappa shape index (κ3) is 10.2. The van der Waals surface area contributed by atoms with Gasteiger partial charge in [0.2, 0.25) is 0 Å². The average Bonchev–Trinajstić information content (AvgIpc) is 2.64. The van der Waals surface area contributed by atoms with Crippen LogP contribution >= 0.6 is 0 Å². The first-order chi connectivity index (χ1) is 14.3. The van der Waals surface area contributed by atoms with Gasteiger partial charge in [0.25, 0.3) is 0 Å². The molecule has 0 aromatic carbocycles. The molecule has 31 heavy (non-hydrogen) atoms. The standard InChI is InChI=1S/C30H58O/c1-25(23-27(3,4)5)15-21-29(17-11-9-12-18-29)31-30(19-13-10-14-20-30)22-16-26(2)24-28(6,7)8/h25-26H,9-24H2,1-8H3. The van der Waals surface area contributed by atoms with Crippen molar-refractivity contribution >= 4 is 0 Å². The second kappa shape index (κ2) is 11.4. The lowest BCUT2D eigenvalue weighted by Gasteiger charge is -2.49. The average molecular weight is 435 g/mol. The van der Waals surface area contributed by atoms with E-state index in [1.54, 1.807) is 0 Å². The molecule has 0 N–H and O–H groups in total. The van der Waals surface area contributed by atoms with Crippen molar-refractivity contribution in [3.05, 3.63) is 0 Å². The smallest absolute Gasteiger partial charge is 0.0690 e. The normalized spacial score (nSPS) is 24.0. The van der Waals surface area contributed by atoms with Crippen LogP contribution in [0.15, 0.2) is 0 Å². The molecular weight excluding hydrogens is 376 g/mol. The molecule has 1 heteroatoms. The van der Waals surface area contributed by atoms with Crippen LogP contribution in [0.2, 0.25) is 0 Å². The summed E-state index contributed by atoms with van der Waals surface area (Å²) in [6, 6.07) is 0. The van der Waals surface area contributed by atoms with Gasteiger partial charge in [-0.05, 0) is 86.9 Å². The van der Waals surface area contributed by atoms with Crippen LogP contribution in [0.1, 0.15) is 158 Å². The van der Waals surface area contributed by atoms with Gasteiger partial charge in [-0.3, -0.25) is 0 Å². The first-order valence-electron chi connectivity index (χ1n) is 14.0. The molecule has 0 spiro atoms. The summed E-state index contributed by atoms with van der Waals surface area (Å²) in [7, 11) is 0. The molecule has 0 aliphatic heterocycles. The number of ether oxygens (including phenoxy) is 1. The number of hydrogen-bond acceptors (Lipinski definition) is 1. The molecule has 2 aliphatic rings. The Bertz CT molecular complexity index is 447. The minimum Gasteiger partial charge on any atom is -0.369 e. The molecule has 2 unspecified atom stereocenters. The molecule has 2 fully saturated rings. The fourth-order valence-electron chi connectivity index (χ4n) is 6.97. The summed E-state index contributed by atoms with van der Waals surface area (Å²) in [6.45, 7) is 19.3. The monoisotopic (exact) mass is 434 g/mol. The number of hydrogen-bond donors (Lipinski definition) is 0. The molecule has 2 aliphatic carbocycles. The zero-order valence-corrected chi connectivity index (χ0v) is 22.9. The lowest BCUT2D eigenvalue weighted by molar-refractivity contribution is -0.193. The fraction of sp³-hybridized carbons (Fsp3) is 1.00. The Hall–Kier alpha value is -0.0400. The van der Waals surface area contributed by atoms with Crippen molar-refractivity contribution in [2.24, 2.45) is 22.7 Å². The fourth-order valence-corrected chi connectivity index (χ4v) is 6.97. The maximum atomic E-state index is 7.47. The minimum atomic E-state index is 0.176. The topological polar surface area (TPSA) is 9.23 Å². The third-order valence-corrected chi connectivity index (χ3v) is 8.07. The van der Waals surface area contributed by atoms with Gasteiger partial charge in [-0.1, -0.05) is 93.9 Å². The summed E-state index contributed by atoms with van der Waals surface area (Å²) in [5.74, 6) is 1.60. The zero-order chi connectivity index (χ0) is 23.2. The van der Waals surface area contributed by atoms with Crippen LogP contribution < -0.4 is 0 Å². The highest BCUT2D eigenvalue weighted by Gasteiger charge is 2.43. The molecule has 2 saturated carbocycles. The summed E-state index contributed by atoms with van der Waals surface area (Å²) in [5, 5.41) is 0. The minimum absolute atomic E-state index is 0.176. The van der Waals surface area contributed by atoms with E-state index in [0.717, 1.165) is 11.8 Å². The zero-order valence-electron chi connectivity index (χ0n) is 22.9. The van der Waals surface area contributed by atoms with Crippen molar-refractivity contribution in [1.29, 1.82) is 0 Å². The molecule has 1 nitrogen and oxygen atoms in total. The Morgan fingerprint density at radius 3 is 1.19 bits per heavy atom. The van der Waals surface area contributed by atoms with Gasteiger partial charge in [-0.2, -0.15) is 0 Å². The van der Waals surface area contributed by atoms with E-state index in [4.69, 9.17) is 4.74 Å². The Labute approximate surface area is 196 Å². The van der Waals surface area contributed by atoms with Crippen molar-refractivity contribution < 1.29 is 4.74 Å². The van der Waals surface area contributed by atoms with Crippen LogP contribution in [-0.2, 0) is 4.74 Å². The van der Waals surface area contributed by atoms with Gasteiger partial charge < -0.3 is 4.74 Å². The third-order valence-electron chi connectivity index (χ3n) is 8.07. The van der Waals surface area contributed by atoms with Crippen LogP contribution in [0, 0.1) is 22.7 Å². The Morgan fingerprint density at radius 2 is 0.903 bits per heavy atom. The van der Waals surface area contributed by atoms with E-state index >= 15 is 0 Å². The molecule has 0 bridgehead atoms. The van der Waals surface area contributed by atoms with Gasteiger partial charge in [-0.25, -0.2) is 0 Å². The van der Waals surface area contributed by atoms with Crippen molar-refractivity contribution in [3.8, 4) is 0 Å². The van der Waals surface area contributed by atoms with Crippen LogP contribution in [0.25, 0.3) is 0 Å². The summed E-state index contributed by atoms with van der Waals surface area (Å²) >= 11 is 0. The van der Waals surface area contributed by atoms with E-state index in [1.807, 2.05) is 0 Å². The Balaban J connectivity index is 2.06. The van der Waals surface area contributed by atoms with E-state index in [-0.39, 0.29) is 11.2 Å². The Morgan fingerprint density at radius 1 is 0.581 bits per heavy atom. The van der Waals surface area contributed by atoms with Crippen LogP contribution in [-0.4, -0.2) is 11.2 Å². The van der Waals surface area contributed by atoms with E-state index in [2.05, 4.69) is 55.4 Å². The first kappa shape index (κ1) is 27.2. The predicted octanol–water partition coefficient (Wildman–Crippen LogP) is 10.1. The maximum Gasteiger partial charge on any atom is 0.0690 e.